The van der Waals surface area contributed by atoms with Gasteiger partial charge in [0.05, 0.1) is 6.54 Å². The van der Waals surface area contributed by atoms with E-state index in [1.807, 2.05) is 6.07 Å². The van der Waals surface area contributed by atoms with E-state index in [0.717, 1.165) is 58.3 Å². The van der Waals surface area contributed by atoms with Crippen molar-refractivity contribution in [2.24, 2.45) is 10.7 Å². The molecule has 2 aliphatic heterocycles. The predicted octanol–water partition coefficient (Wildman–Crippen LogP) is -0.841. The second-order valence-corrected chi connectivity index (χ2v) is 6.62. The molecule has 3 rings (SSSR count). The van der Waals surface area contributed by atoms with E-state index in [-0.39, 0.29) is 0 Å². The summed E-state index contributed by atoms with van der Waals surface area (Å²) in [4.78, 5) is 22.4. The normalized spacial score (nSPS) is 24.4. The molecule has 2 N–H and O–H groups in total. The van der Waals surface area contributed by atoms with Crippen molar-refractivity contribution in [2.75, 3.05) is 71.4 Å². The van der Waals surface area contributed by atoms with E-state index in [1.54, 1.807) is 12.4 Å². The molecule has 1 atom stereocenters. The molecule has 132 valence electrons. The van der Waals surface area contributed by atoms with Gasteiger partial charge in [-0.05, 0) is 20.2 Å². The van der Waals surface area contributed by atoms with Crippen LogP contribution >= 0.6 is 0 Å². The van der Waals surface area contributed by atoms with E-state index in [1.165, 1.54) is 0 Å². The van der Waals surface area contributed by atoms with Crippen molar-refractivity contribution in [3.8, 4) is 0 Å². The van der Waals surface area contributed by atoms with E-state index in [0.29, 0.717) is 12.0 Å². The first-order valence-electron chi connectivity index (χ1n) is 8.59. The minimum Gasteiger partial charge on any atom is -0.370 e. The molecule has 1 aromatic heterocycles. The SMILES string of the molecule is CN1CCN(C)C(CN=C(N)N2CCN(c3ncccn3)CC2)C1. The molecule has 24 heavy (non-hydrogen) atoms. The van der Waals surface area contributed by atoms with Crippen molar-refractivity contribution in [2.45, 2.75) is 6.04 Å². The maximum atomic E-state index is 6.22. The van der Waals surface area contributed by atoms with Crippen LogP contribution in [0, 0.1) is 0 Å². The fourth-order valence-corrected chi connectivity index (χ4v) is 3.19. The van der Waals surface area contributed by atoms with Crippen LogP contribution in [0.2, 0.25) is 0 Å². The standard InChI is InChI=1S/C16H28N8/c1-21-6-7-22(2)14(13-21)12-20-15(17)23-8-10-24(11-9-23)16-18-4-3-5-19-16/h3-5,14H,6-13H2,1-2H3,(H2,17,20). The molecule has 8 nitrogen and oxygen atoms in total. The summed E-state index contributed by atoms with van der Waals surface area (Å²) >= 11 is 0. The van der Waals surface area contributed by atoms with Crippen molar-refractivity contribution in [1.29, 1.82) is 0 Å². The van der Waals surface area contributed by atoms with Crippen LogP contribution in [-0.2, 0) is 0 Å². The zero-order chi connectivity index (χ0) is 16.9. The lowest BCUT2D eigenvalue weighted by Gasteiger charge is -2.37. The maximum Gasteiger partial charge on any atom is 0.225 e. The van der Waals surface area contributed by atoms with Gasteiger partial charge in [-0.1, -0.05) is 0 Å². The highest BCUT2D eigenvalue weighted by Crippen LogP contribution is 2.10. The van der Waals surface area contributed by atoms with Crippen molar-refractivity contribution < 1.29 is 0 Å². The van der Waals surface area contributed by atoms with Gasteiger partial charge in [0.15, 0.2) is 5.96 Å². The van der Waals surface area contributed by atoms with Crippen molar-refractivity contribution in [1.82, 2.24) is 24.7 Å². The van der Waals surface area contributed by atoms with Crippen molar-refractivity contribution in [3.63, 3.8) is 0 Å². The summed E-state index contributed by atoms with van der Waals surface area (Å²) in [5.41, 5.74) is 6.22. The van der Waals surface area contributed by atoms with Crippen LogP contribution in [-0.4, -0.2) is 103 Å². The quantitative estimate of drug-likeness (QED) is 0.571. The molecule has 2 saturated heterocycles. The molecule has 3 heterocycles. The number of likely N-dealkylation sites (N-methyl/N-ethyl adjacent to an activating group) is 2. The molecule has 0 bridgehead atoms. The van der Waals surface area contributed by atoms with Crippen molar-refractivity contribution >= 4 is 11.9 Å². The topological polar surface area (TPSA) is 77.1 Å². The molecule has 0 aromatic carbocycles. The average Bonchev–Trinajstić information content (AvgIpc) is 2.63. The third kappa shape index (κ3) is 4.12. The molecule has 0 spiro atoms. The number of guanidine groups is 1. The number of anilines is 1. The third-order valence-corrected chi connectivity index (χ3v) is 4.88. The number of nitrogens with zero attached hydrogens (tertiary/aromatic N) is 7. The Labute approximate surface area is 144 Å². The Morgan fingerprint density at radius 3 is 2.54 bits per heavy atom. The van der Waals surface area contributed by atoms with Crippen LogP contribution in [0.15, 0.2) is 23.5 Å². The molecule has 8 heteroatoms. The van der Waals surface area contributed by atoms with Gasteiger partial charge in [0.1, 0.15) is 0 Å². The monoisotopic (exact) mass is 332 g/mol. The van der Waals surface area contributed by atoms with E-state index in [9.17, 15) is 0 Å². The zero-order valence-corrected chi connectivity index (χ0v) is 14.7. The van der Waals surface area contributed by atoms with Gasteiger partial charge < -0.3 is 20.4 Å². The van der Waals surface area contributed by atoms with Gasteiger partial charge in [0, 0.05) is 64.2 Å². The number of piperazine rings is 2. The first-order valence-corrected chi connectivity index (χ1v) is 8.59. The Kier molecular flexibility index (Phi) is 5.47. The summed E-state index contributed by atoms with van der Waals surface area (Å²) < 4.78 is 0. The molecule has 1 unspecified atom stereocenters. The van der Waals surface area contributed by atoms with Crippen LogP contribution in [0.5, 0.6) is 0 Å². The minimum atomic E-state index is 0.446. The third-order valence-electron chi connectivity index (χ3n) is 4.88. The second kappa shape index (κ2) is 7.76. The Morgan fingerprint density at radius 1 is 1.12 bits per heavy atom. The summed E-state index contributed by atoms with van der Waals surface area (Å²) in [6.07, 6.45) is 3.56. The van der Waals surface area contributed by atoms with Crippen molar-refractivity contribution in [3.05, 3.63) is 18.5 Å². The number of aliphatic imine (C=N–C) groups is 1. The zero-order valence-electron chi connectivity index (χ0n) is 14.7. The van der Waals surface area contributed by atoms with Gasteiger partial charge in [-0.2, -0.15) is 0 Å². The predicted molar refractivity (Wildman–Crippen MR) is 96.2 cm³/mol. The first kappa shape index (κ1) is 16.9. The van der Waals surface area contributed by atoms with Gasteiger partial charge in [0.2, 0.25) is 5.95 Å². The first-order chi connectivity index (χ1) is 11.6. The lowest BCUT2D eigenvalue weighted by Crippen LogP contribution is -2.53. The number of nitrogens with two attached hydrogens (primary N) is 1. The highest BCUT2D eigenvalue weighted by molar-refractivity contribution is 5.78. The second-order valence-electron chi connectivity index (χ2n) is 6.62. The molecule has 2 fully saturated rings. The number of aromatic nitrogens is 2. The lowest BCUT2D eigenvalue weighted by atomic mass is 10.2. The lowest BCUT2D eigenvalue weighted by molar-refractivity contribution is 0.119. The fourth-order valence-electron chi connectivity index (χ4n) is 3.19. The number of hydrogen-bond donors (Lipinski definition) is 1. The minimum absolute atomic E-state index is 0.446. The van der Waals surface area contributed by atoms with E-state index in [4.69, 9.17) is 5.73 Å². The fraction of sp³-hybridized carbons (Fsp3) is 0.688. The highest BCUT2D eigenvalue weighted by Gasteiger charge is 2.23. The van der Waals surface area contributed by atoms with Gasteiger partial charge in [0.25, 0.3) is 0 Å². The number of hydrogen-bond acceptors (Lipinski definition) is 6. The molecule has 0 aliphatic carbocycles. The molecule has 0 amide bonds. The Balaban J connectivity index is 1.50. The van der Waals surface area contributed by atoms with Gasteiger partial charge in [-0.3, -0.25) is 9.89 Å². The van der Waals surface area contributed by atoms with Crippen LogP contribution < -0.4 is 10.6 Å². The largest absolute Gasteiger partial charge is 0.370 e. The summed E-state index contributed by atoms with van der Waals surface area (Å²) in [5, 5.41) is 0. The summed E-state index contributed by atoms with van der Waals surface area (Å²) in [7, 11) is 4.33. The Hall–Kier alpha value is -1.93. The summed E-state index contributed by atoms with van der Waals surface area (Å²) in [6, 6.07) is 2.28. The maximum absolute atomic E-state index is 6.22. The molecule has 0 saturated carbocycles. The summed E-state index contributed by atoms with van der Waals surface area (Å²) in [5.74, 6) is 1.45. The smallest absolute Gasteiger partial charge is 0.225 e. The van der Waals surface area contributed by atoms with Crippen LogP contribution in [0.4, 0.5) is 5.95 Å². The molecule has 0 radical (unpaired) electrons. The highest BCUT2D eigenvalue weighted by atomic mass is 15.4. The Morgan fingerprint density at radius 2 is 1.83 bits per heavy atom. The Bertz CT molecular complexity index is 540. The van der Waals surface area contributed by atoms with Gasteiger partial charge >= 0.3 is 0 Å². The van der Waals surface area contributed by atoms with Crippen LogP contribution in [0.25, 0.3) is 0 Å². The van der Waals surface area contributed by atoms with Crippen LogP contribution in [0.3, 0.4) is 0 Å². The molecule has 1 aromatic rings. The molecular formula is C16H28N8. The number of rotatable bonds is 3. The van der Waals surface area contributed by atoms with Gasteiger partial charge in [-0.25, -0.2) is 9.97 Å². The van der Waals surface area contributed by atoms with E-state index < -0.39 is 0 Å². The summed E-state index contributed by atoms with van der Waals surface area (Å²) in [6.45, 7) is 7.46. The molecule has 2 aliphatic rings. The van der Waals surface area contributed by atoms with Crippen LogP contribution in [0.1, 0.15) is 0 Å². The van der Waals surface area contributed by atoms with E-state index in [2.05, 4.69) is 48.7 Å². The average molecular weight is 332 g/mol. The van der Waals surface area contributed by atoms with Gasteiger partial charge in [-0.15, -0.1) is 0 Å². The molecular weight excluding hydrogens is 304 g/mol. The van der Waals surface area contributed by atoms with E-state index >= 15 is 0 Å².